The zero-order valence-corrected chi connectivity index (χ0v) is 7.99. The first-order chi connectivity index (χ1) is 4.68. The molecule has 0 aromatic carbocycles. The second kappa shape index (κ2) is 4.92. The van der Waals surface area contributed by atoms with Crippen molar-refractivity contribution in [3.05, 3.63) is 0 Å². The molecule has 0 heterocycles. The number of ether oxygens (including phenoxy) is 1. The summed E-state index contributed by atoms with van der Waals surface area (Å²) in [4.78, 5) is 0. The Kier molecular flexibility index (Phi) is 5.02. The highest BCUT2D eigenvalue weighted by Crippen LogP contribution is 2.43. The van der Waals surface area contributed by atoms with Crippen LogP contribution in [0.3, 0.4) is 0 Å². The van der Waals surface area contributed by atoms with Crippen molar-refractivity contribution in [3.63, 3.8) is 0 Å². The van der Waals surface area contributed by atoms with Gasteiger partial charge in [0, 0.05) is 13.3 Å². The van der Waals surface area contributed by atoms with Gasteiger partial charge >= 0.3 is 0 Å². The molecule has 0 bridgehead atoms. The summed E-state index contributed by atoms with van der Waals surface area (Å²) in [5.74, 6) is 0. The van der Waals surface area contributed by atoms with Crippen molar-refractivity contribution < 1.29 is 9.30 Å². The molecule has 0 fully saturated rings. The second-order valence-electron chi connectivity index (χ2n) is 2.41. The predicted molar refractivity (Wildman–Crippen MR) is 45.4 cm³/mol. The highest BCUT2D eigenvalue weighted by Gasteiger charge is 2.15. The molecule has 0 unspecified atom stereocenters. The molecule has 0 rings (SSSR count). The van der Waals surface area contributed by atoms with Crippen molar-refractivity contribution in [2.45, 2.75) is 13.8 Å². The van der Waals surface area contributed by atoms with Gasteiger partial charge in [0.25, 0.3) is 0 Å². The van der Waals surface area contributed by atoms with E-state index >= 15 is 0 Å². The average Bonchev–Trinajstić information content (AvgIpc) is 2.00. The lowest BCUT2D eigenvalue weighted by atomic mass is 10.9. The quantitative estimate of drug-likeness (QED) is 0.581. The number of methoxy groups -OCH3 is 1. The zero-order chi connectivity index (χ0) is 8.04. The van der Waals surface area contributed by atoms with Crippen LogP contribution in [0, 0.1) is 0 Å². The van der Waals surface area contributed by atoms with Gasteiger partial charge < -0.3 is 9.30 Å². The molecule has 0 atom stereocenters. The van der Waals surface area contributed by atoms with Gasteiger partial charge in [0.1, 0.15) is 0 Å². The smallest absolute Gasteiger partial charge is 0.0894 e. The van der Waals surface area contributed by atoms with Crippen LogP contribution in [-0.4, -0.2) is 32.2 Å². The van der Waals surface area contributed by atoms with Crippen LogP contribution in [0.5, 0.6) is 0 Å². The summed E-state index contributed by atoms with van der Waals surface area (Å²) in [6.45, 7) is 4.61. The van der Waals surface area contributed by atoms with Gasteiger partial charge in [-0.25, -0.2) is 0 Å². The highest BCUT2D eigenvalue weighted by molar-refractivity contribution is 7.63. The van der Waals surface area contributed by atoms with E-state index in [1.807, 2.05) is 13.8 Å². The van der Waals surface area contributed by atoms with E-state index in [1.165, 1.54) is 0 Å². The van der Waals surface area contributed by atoms with Crippen LogP contribution in [0.2, 0.25) is 0 Å². The van der Waals surface area contributed by atoms with Crippen molar-refractivity contribution in [1.29, 1.82) is 0 Å². The van der Waals surface area contributed by atoms with Crippen molar-refractivity contribution in [1.82, 2.24) is 0 Å². The van der Waals surface area contributed by atoms with E-state index in [-0.39, 0.29) is 0 Å². The third-order valence-corrected chi connectivity index (χ3v) is 5.16. The summed E-state index contributed by atoms with van der Waals surface area (Å²) in [6.07, 6.45) is 2.37. The fraction of sp³-hybridized carbons (Fsp3) is 1.00. The first kappa shape index (κ1) is 10.2. The molecule has 0 aromatic rings. The molecule has 10 heavy (non-hydrogen) atoms. The Morgan fingerprint density at radius 2 is 1.80 bits per heavy atom. The standard InChI is InChI=1S/C7H17O2P/c1-4-10(8,5-2)7-6-9-3/h4-7H2,1-3H3. The Morgan fingerprint density at radius 1 is 1.30 bits per heavy atom. The monoisotopic (exact) mass is 164 g/mol. The zero-order valence-electron chi connectivity index (χ0n) is 7.09. The second-order valence-corrected chi connectivity index (χ2v) is 6.24. The van der Waals surface area contributed by atoms with Crippen LogP contribution in [0.25, 0.3) is 0 Å². The van der Waals surface area contributed by atoms with Crippen molar-refractivity contribution >= 4 is 7.14 Å². The Morgan fingerprint density at radius 3 is 2.10 bits per heavy atom. The highest BCUT2D eigenvalue weighted by atomic mass is 31.2. The minimum absolute atomic E-state index is 0.638. The van der Waals surface area contributed by atoms with E-state index in [4.69, 9.17) is 4.74 Å². The summed E-state index contributed by atoms with van der Waals surface area (Å²) < 4.78 is 16.5. The Bertz CT molecular complexity index is 115. The molecule has 0 saturated heterocycles. The van der Waals surface area contributed by atoms with Crippen molar-refractivity contribution in [2.75, 3.05) is 32.2 Å². The van der Waals surface area contributed by atoms with Crippen LogP contribution in [0.15, 0.2) is 0 Å². The maximum atomic E-state index is 11.6. The fourth-order valence-corrected chi connectivity index (χ4v) is 2.39. The molecule has 0 N–H and O–H groups in total. The van der Waals surface area contributed by atoms with Crippen molar-refractivity contribution in [2.24, 2.45) is 0 Å². The topological polar surface area (TPSA) is 26.3 Å². The maximum Gasteiger partial charge on any atom is 0.0894 e. The molecule has 0 spiro atoms. The van der Waals surface area contributed by atoms with E-state index < -0.39 is 7.14 Å². The van der Waals surface area contributed by atoms with Crippen LogP contribution < -0.4 is 0 Å². The number of hydrogen-bond donors (Lipinski definition) is 0. The van der Waals surface area contributed by atoms with Crippen molar-refractivity contribution in [3.8, 4) is 0 Å². The third-order valence-electron chi connectivity index (χ3n) is 1.86. The first-order valence-corrected chi connectivity index (χ1v) is 6.00. The van der Waals surface area contributed by atoms with Crippen LogP contribution >= 0.6 is 7.14 Å². The molecule has 62 valence electrons. The molecule has 0 aromatic heterocycles. The summed E-state index contributed by atoms with van der Waals surface area (Å²) in [6, 6.07) is 0. The maximum absolute atomic E-state index is 11.6. The Hall–Kier alpha value is 0.190. The molecule has 0 radical (unpaired) electrons. The van der Waals surface area contributed by atoms with Gasteiger partial charge in [-0.2, -0.15) is 0 Å². The molecule has 0 aliphatic carbocycles. The molecular formula is C7H17O2P. The minimum atomic E-state index is -1.82. The largest absolute Gasteiger partial charge is 0.384 e. The predicted octanol–water partition coefficient (Wildman–Crippen LogP) is 2.04. The molecule has 0 aliphatic rings. The molecule has 0 aliphatic heterocycles. The summed E-state index contributed by atoms with van der Waals surface area (Å²) >= 11 is 0. The molecular weight excluding hydrogens is 147 g/mol. The minimum Gasteiger partial charge on any atom is -0.384 e. The first-order valence-electron chi connectivity index (χ1n) is 3.74. The van der Waals surface area contributed by atoms with Gasteiger partial charge in [-0.3, -0.25) is 0 Å². The Balaban J connectivity index is 3.70. The molecule has 2 nitrogen and oxygen atoms in total. The van der Waals surface area contributed by atoms with E-state index in [2.05, 4.69) is 0 Å². The van der Waals surface area contributed by atoms with E-state index in [0.717, 1.165) is 18.5 Å². The summed E-state index contributed by atoms with van der Waals surface area (Å²) in [5.41, 5.74) is 0. The fourth-order valence-electron chi connectivity index (χ4n) is 0.797. The van der Waals surface area contributed by atoms with E-state index in [9.17, 15) is 4.57 Å². The van der Waals surface area contributed by atoms with E-state index in [0.29, 0.717) is 6.61 Å². The SMILES string of the molecule is CCP(=O)(CC)CCOC. The van der Waals surface area contributed by atoms with Gasteiger partial charge in [0.15, 0.2) is 0 Å². The average molecular weight is 164 g/mol. The van der Waals surface area contributed by atoms with Gasteiger partial charge in [0.2, 0.25) is 0 Å². The summed E-state index contributed by atoms with van der Waals surface area (Å²) in [7, 11) is -0.174. The van der Waals surface area contributed by atoms with Crippen LogP contribution in [0.4, 0.5) is 0 Å². The van der Waals surface area contributed by atoms with Crippen LogP contribution in [0.1, 0.15) is 13.8 Å². The van der Waals surface area contributed by atoms with Gasteiger partial charge in [-0.1, -0.05) is 13.8 Å². The van der Waals surface area contributed by atoms with Gasteiger partial charge in [0.05, 0.1) is 13.7 Å². The third kappa shape index (κ3) is 3.38. The van der Waals surface area contributed by atoms with E-state index in [1.54, 1.807) is 7.11 Å². The van der Waals surface area contributed by atoms with Crippen LogP contribution in [-0.2, 0) is 9.30 Å². The lowest BCUT2D eigenvalue weighted by molar-refractivity contribution is 0.217. The normalized spacial score (nSPS) is 11.9. The van der Waals surface area contributed by atoms with Gasteiger partial charge in [-0.15, -0.1) is 0 Å². The Labute approximate surface area is 63.3 Å². The molecule has 0 amide bonds. The number of hydrogen-bond acceptors (Lipinski definition) is 2. The lowest BCUT2D eigenvalue weighted by Crippen LogP contribution is -2.01. The summed E-state index contributed by atoms with van der Waals surface area (Å²) in [5, 5.41) is 0. The lowest BCUT2D eigenvalue weighted by Gasteiger charge is -2.12. The molecule has 0 saturated carbocycles. The van der Waals surface area contributed by atoms with Gasteiger partial charge in [-0.05, 0) is 12.3 Å². The molecule has 3 heteroatoms. The number of rotatable bonds is 5.